The topological polar surface area (TPSA) is 75.4 Å². The fourth-order valence-corrected chi connectivity index (χ4v) is 1.15. The Balaban J connectivity index is 2.59. The zero-order valence-electron chi connectivity index (χ0n) is 7.86. The Labute approximate surface area is 82.7 Å². The zero-order valence-corrected chi connectivity index (χ0v) is 7.86. The molecule has 4 nitrogen and oxygen atoms in total. The largest absolute Gasteiger partial charge is 0.395 e. The van der Waals surface area contributed by atoms with Crippen LogP contribution in [0.1, 0.15) is 15.9 Å². The summed E-state index contributed by atoms with van der Waals surface area (Å²) in [5.74, 6) is -0.422. The van der Waals surface area contributed by atoms with E-state index < -0.39 is 5.91 Å². The molecule has 0 fully saturated rings. The molecule has 76 valence electrons. The number of primary amides is 1. The number of hydrogen-bond donors (Lipinski definition) is 3. The molecule has 0 saturated carbocycles. The third kappa shape index (κ3) is 3.16. The van der Waals surface area contributed by atoms with Gasteiger partial charge in [0, 0.05) is 18.7 Å². The van der Waals surface area contributed by atoms with Crippen molar-refractivity contribution in [1.29, 1.82) is 0 Å². The van der Waals surface area contributed by atoms with Gasteiger partial charge in [0.2, 0.25) is 5.91 Å². The number of hydrogen-bond acceptors (Lipinski definition) is 3. The molecule has 0 atom stereocenters. The first kappa shape index (κ1) is 10.7. The number of rotatable bonds is 5. The van der Waals surface area contributed by atoms with Gasteiger partial charge in [-0.3, -0.25) is 4.79 Å². The van der Waals surface area contributed by atoms with Crippen molar-refractivity contribution in [3.8, 4) is 0 Å². The van der Waals surface area contributed by atoms with Crippen molar-refractivity contribution in [2.24, 2.45) is 5.73 Å². The molecule has 0 aliphatic rings. The minimum atomic E-state index is -0.422. The first-order valence-corrected chi connectivity index (χ1v) is 4.44. The lowest BCUT2D eigenvalue weighted by Crippen LogP contribution is -2.18. The van der Waals surface area contributed by atoms with Crippen molar-refractivity contribution >= 4 is 5.91 Å². The monoisotopic (exact) mass is 194 g/mol. The van der Waals surface area contributed by atoms with Crippen LogP contribution in [0.15, 0.2) is 24.3 Å². The van der Waals surface area contributed by atoms with E-state index in [1.54, 1.807) is 18.2 Å². The van der Waals surface area contributed by atoms with Crippen LogP contribution in [0.4, 0.5) is 0 Å². The number of nitrogens with one attached hydrogen (secondary N) is 1. The van der Waals surface area contributed by atoms with Crippen LogP contribution in [0.3, 0.4) is 0 Å². The standard InChI is InChI=1S/C10H14N2O2/c11-10(14)9-3-1-2-8(6-9)7-12-4-5-13/h1-3,6,12-13H,4-5,7H2,(H2,11,14). The highest BCUT2D eigenvalue weighted by molar-refractivity contribution is 5.92. The molecule has 4 heteroatoms. The molecule has 0 spiro atoms. The predicted octanol–water partition coefficient (Wildman–Crippen LogP) is -0.133. The number of benzene rings is 1. The second-order valence-corrected chi connectivity index (χ2v) is 2.97. The molecule has 0 aromatic heterocycles. The van der Waals surface area contributed by atoms with Gasteiger partial charge in [0.05, 0.1) is 6.61 Å². The van der Waals surface area contributed by atoms with E-state index in [1.165, 1.54) is 0 Å². The molecule has 0 bridgehead atoms. The van der Waals surface area contributed by atoms with Gasteiger partial charge >= 0.3 is 0 Å². The lowest BCUT2D eigenvalue weighted by molar-refractivity contribution is 0.1000. The molecule has 1 rings (SSSR count). The summed E-state index contributed by atoms with van der Waals surface area (Å²) in [6.45, 7) is 1.28. The van der Waals surface area contributed by atoms with Crippen LogP contribution in [0, 0.1) is 0 Å². The van der Waals surface area contributed by atoms with Gasteiger partial charge < -0.3 is 16.2 Å². The number of carbonyl (C=O) groups excluding carboxylic acids is 1. The smallest absolute Gasteiger partial charge is 0.248 e. The fourth-order valence-electron chi connectivity index (χ4n) is 1.15. The van der Waals surface area contributed by atoms with E-state index in [1.807, 2.05) is 6.07 Å². The van der Waals surface area contributed by atoms with E-state index in [0.717, 1.165) is 5.56 Å². The molecule has 1 aromatic rings. The molecule has 0 radical (unpaired) electrons. The van der Waals surface area contributed by atoms with Gasteiger partial charge in [0.15, 0.2) is 0 Å². The molecule has 0 aliphatic carbocycles. The number of aliphatic hydroxyl groups is 1. The molecule has 1 aromatic carbocycles. The minimum absolute atomic E-state index is 0.107. The van der Waals surface area contributed by atoms with Crippen LogP contribution in [-0.2, 0) is 6.54 Å². The number of nitrogens with two attached hydrogens (primary N) is 1. The first-order valence-electron chi connectivity index (χ1n) is 4.44. The van der Waals surface area contributed by atoms with Crippen LogP contribution in [-0.4, -0.2) is 24.2 Å². The first-order chi connectivity index (χ1) is 6.74. The summed E-state index contributed by atoms with van der Waals surface area (Å²) in [6, 6.07) is 7.11. The second kappa shape index (κ2) is 5.36. The minimum Gasteiger partial charge on any atom is -0.395 e. The van der Waals surface area contributed by atoms with Crippen molar-refractivity contribution in [1.82, 2.24) is 5.32 Å². The van der Waals surface area contributed by atoms with Gasteiger partial charge in [-0.15, -0.1) is 0 Å². The third-order valence-electron chi connectivity index (χ3n) is 1.83. The Morgan fingerprint density at radius 2 is 2.29 bits per heavy atom. The maximum absolute atomic E-state index is 10.8. The molecule has 1 amide bonds. The highest BCUT2D eigenvalue weighted by atomic mass is 16.3. The van der Waals surface area contributed by atoms with Gasteiger partial charge in [-0.25, -0.2) is 0 Å². The summed E-state index contributed by atoms with van der Waals surface area (Å²) in [7, 11) is 0. The molecular weight excluding hydrogens is 180 g/mol. The van der Waals surface area contributed by atoms with E-state index in [-0.39, 0.29) is 6.61 Å². The maximum atomic E-state index is 10.8. The average Bonchev–Trinajstić information content (AvgIpc) is 2.19. The summed E-state index contributed by atoms with van der Waals surface area (Å²) in [5.41, 5.74) is 6.63. The SMILES string of the molecule is NC(=O)c1cccc(CNCCO)c1. The molecule has 14 heavy (non-hydrogen) atoms. The Morgan fingerprint density at radius 3 is 2.93 bits per heavy atom. The highest BCUT2D eigenvalue weighted by Gasteiger charge is 2.00. The van der Waals surface area contributed by atoms with Crippen molar-refractivity contribution in [2.75, 3.05) is 13.2 Å². The summed E-state index contributed by atoms with van der Waals surface area (Å²) in [5, 5.41) is 11.6. The van der Waals surface area contributed by atoms with E-state index in [4.69, 9.17) is 10.8 Å². The number of carbonyl (C=O) groups is 1. The molecule has 0 heterocycles. The predicted molar refractivity (Wildman–Crippen MR) is 53.8 cm³/mol. The summed E-state index contributed by atoms with van der Waals surface area (Å²) < 4.78 is 0. The quantitative estimate of drug-likeness (QED) is 0.571. The van der Waals surface area contributed by atoms with Crippen LogP contribution in [0.5, 0.6) is 0 Å². The Bertz CT molecular complexity index is 313. The van der Waals surface area contributed by atoms with E-state index in [0.29, 0.717) is 18.7 Å². The Kier molecular flexibility index (Phi) is 4.10. The van der Waals surface area contributed by atoms with Gasteiger partial charge in [-0.1, -0.05) is 12.1 Å². The lowest BCUT2D eigenvalue weighted by Gasteiger charge is -2.03. The zero-order chi connectivity index (χ0) is 10.4. The highest BCUT2D eigenvalue weighted by Crippen LogP contribution is 2.03. The van der Waals surface area contributed by atoms with Crippen molar-refractivity contribution in [2.45, 2.75) is 6.54 Å². The molecule has 0 unspecified atom stereocenters. The van der Waals surface area contributed by atoms with Gasteiger partial charge in [0.1, 0.15) is 0 Å². The molecule has 4 N–H and O–H groups in total. The summed E-state index contributed by atoms with van der Waals surface area (Å²) in [4.78, 5) is 10.8. The second-order valence-electron chi connectivity index (χ2n) is 2.97. The normalized spacial score (nSPS) is 10.1. The molecule has 0 saturated heterocycles. The van der Waals surface area contributed by atoms with E-state index in [2.05, 4.69) is 5.32 Å². The maximum Gasteiger partial charge on any atom is 0.248 e. The van der Waals surface area contributed by atoms with Gasteiger partial charge in [0.25, 0.3) is 0 Å². The number of aliphatic hydroxyl groups excluding tert-OH is 1. The van der Waals surface area contributed by atoms with E-state index >= 15 is 0 Å². The summed E-state index contributed by atoms with van der Waals surface area (Å²) in [6.07, 6.45) is 0. The fraction of sp³-hybridized carbons (Fsp3) is 0.300. The van der Waals surface area contributed by atoms with E-state index in [9.17, 15) is 4.79 Å². The van der Waals surface area contributed by atoms with Gasteiger partial charge in [-0.05, 0) is 17.7 Å². The molecular formula is C10H14N2O2. The van der Waals surface area contributed by atoms with Crippen LogP contribution in [0.25, 0.3) is 0 Å². The Morgan fingerprint density at radius 1 is 1.50 bits per heavy atom. The van der Waals surface area contributed by atoms with Crippen LogP contribution < -0.4 is 11.1 Å². The van der Waals surface area contributed by atoms with Gasteiger partial charge in [-0.2, -0.15) is 0 Å². The van der Waals surface area contributed by atoms with Crippen LogP contribution >= 0.6 is 0 Å². The van der Waals surface area contributed by atoms with Crippen LogP contribution in [0.2, 0.25) is 0 Å². The van der Waals surface area contributed by atoms with Crippen molar-refractivity contribution in [3.63, 3.8) is 0 Å². The Hall–Kier alpha value is -1.39. The lowest BCUT2D eigenvalue weighted by atomic mass is 10.1. The average molecular weight is 194 g/mol. The summed E-state index contributed by atoms with van der Waals surface area (Å²) >= 11 is 0. The third-order valence-corrected chi connectivity index (χ3v) is 1.83. The van der Waals surface area contributed by atoms with Crippen molar-refractivity contribution in [3.05, 3.63) is 35.4 Å². The molecule has 0 aliphatic heterocycles. The van der Waals surface area contributed by atoms with Crippen molar-refractivity contribution < 1.29 is 9.90 Å². The number of amides is 1.